The van der Waals surface area contributed by atoms with Crippen LogP contribution in [0.5, 0.6) is 0 Å². The van der Waals surface area contributed by atoms with Crippen molar-refractivity contribution in [1.82, 2.24) is 4.90 Å². The Balaban J connectivity index is 1.59. The summed E-state index contributed by atoms with van der Waals surface area (Å²) in [5.74, 6) is 1.15. The minimum atomic E-state index is 0.943. The number of hydrogen-bond donors (Lipinski definition) is 0. The van der Waals surface area contributed by atoms with Gasteiger partial charge in [-0.2, -0.15) is 0 Å². The van der Waals surface area contributed by atoms with Gasteiger partial charge in [0.25, 0.3) is 0 Å². The van der Waals surface area contributed by atoms with Crippen molar-refractivity contribution in [3.05, 3.63) is 108 Å². The van der Waals surface area contributed by atoms with E-state index in [1.165, 1.54) is 11.3 Å². The van der Waals surface area contributed by atoms with Crippen LogP contribution < -0.4 is 0 Å². The van der Waals surface area contributed by atoms with Crippen LogP contribution in [0.15, 0.2) is 113 Å². The molecule has 29 heavy (non-hydrogen) atoms. The predicted octanol–water partition coefficient (Wildman–Crippen LogP) is 7.12. The van der Waals surface area contributed by atoms with Gasteiger partial charge in [-0.1, -0.05) is 91.5 Å². The number of aliphatic imine (C=N–C) groups is 1. The molecule has 0 unspecified atom stereocenters. The second-order valence-electron chi connectivity index (χ2n) is 7.41. The van der Waals surface area contributed by atoms with Crippen molar-refractivity contribution in [2.75, 3.05) is 6.54 Å². The molecule has 0 radical (unpaired) electrons. The maximum Gasteiger partial charge on any atom is 0.111 e. The van der Waals surface area contributed by atoms with Gasteiger partial charge in [0.15, 0.2) is 0 Å². The third-order valence-corrected chi connectivity index (χ3v) is 5.13. The number of hydrogen-bond acceptors (Lipinski definition) is 1. The first-order chi connectivity index (χ1) is 14.3. The number of allylic oxidation sites excluding steroid dienone is 15. The van der Waals surface area contributed by atoms with E-state index in [0.717, 1.165) is 62.2 Å². The third-order valence-electron chi connectivity index (χ3n) is 5.13. The van der Waals surface area contributed by atoms with Gasteiger partial charge in [0.2, 0.25) is 0 Å². The van der Waals surface area contributed by atoms with Crippen LogP contribution in [0.25, 0.3) is 0 Å². The first kappa shape index (κ1) is 20.9. The summed E-state index contributed by atoms with van der Waals surface area (Å²) >= 11 is 0. The van der Waals surface area contributed by atoms with Gasteiger partial charge in [0.05, 0.1) is 5.70 Å². The van der Waals surface area contributed by atoms with Gasteiger partial charge in [0, 0.05) is 18.7 Å². The van der Waals surface area contributed by atoms with Crippen LogP contribution in [0, 0.1) is 0 Å². The molecule has 0 amide bonds. The fourth-order valence-electron chi connectivity index (χ4n) is 3.40. The number of rotatable bonds is 8. The molecule has 0 N–H and O–H groups in total. The molecule has 0 spiro atoms. The highest BCUT2D eigenvalue weighted by Gasteiger charge is 2.24. The maximum atomic E-state index is 4.88. The molecule has 2 nitrogen and oxygen atoms in total. The van der Waals surface area contributed by atoms with Crippen molar-refractivity contribution in [3.8, 4) is 0 Å². The first-order valence-electron chi connectivity index (χ1n) is 10.7. The summed E-state index contributed by atoms with van der Waals surface area (Å²) in [4.78, 5) is 7.20. The fraction of sp³-hybridized carbons (Fsp3) is 0.296. The summed E-state index contributed by atoms with van der Waals surface area (Å²) in [7, 11) is 0. The average Bonchev–Trinajstić information content (AvgIpc) is 3.13. The quantitative estimate of drug-likeness (QED) is 0.407. The predicted molar refractivity (Wildman–Crippen MR) is 127 cm³/mol. The van der Waals surface area contributed by atoms with Crippen LogP contribution in [-0.2, 0) is 0 Å². The summed E-state index contributed by atoms with van der Waals surface area (Å²) in [6, 6.07) is 0. The lowest BCUT2D eigenvalue weighted by Crippen LogP contribution is -2.42. The smallest absolute Gasteiger partial charge is 0.111 e. The van der Waals surface area contributed by atoms with Crippen molar-refractivity contribution in [3.63, 3.8) is 0 Å². The van der Waals surface area contributed by atoms with E-state index in [0.29, 0.717) is 0 Å². The Morgan fingerprint density at radius 1 is 1.07 bits per heavy atom. The van der Waals surface area contributed by atoms with Crippen molar-refractivity contribution in [1.29, 1.82) is 0 Å². The van der Waals surface area contributed by atoms with Crippen molar-refractivity contribution in [2.45, 2.75) is 45.4 Å². The molecule has 1 aliphatic heterocycles. The van der Waals surface area contributed by atoms with E-state index >= 15 is 0 Å². The molecule has 0 aromatic carbocycles. The zero-order valence-electron chi connectivity index (χ0n) is 17.6. The van der Waals surface area contributed by atoms with Crippen LogP contribution >= 0.6 is 0 Å². The monoisotopic (exact) mass is 384 g/mol. The highest BCUT2D eigenvalue weighted by Crippen LogP contribution is 2.23. The Kier molecular flexibility index (Phi) is 8.06. The number of likely N-dealkylation sites (tertiary alicyclic amines) is 1. The van der Waals surface area contributed by atoms with E-state index in [1.807, 2.05) is 0 Å². The molecule has 0 aromatic heterocycles. The van der Waals surface area contributed by atoms with E-state index in [-0.39, 0.29) is 0 Å². The Morgan fingerprint density at radius 3 is 2.62 bits per heavy atom. The molecule has 2 aliphatic carbocycles. The highest BCUT2D eigenvalue weighted by molar-refractivity contribution is 5.90. The van der Waals surface area contributed by atoms with E-state index < -0.39 is 0 Å². The lowest BCUT2D eigenvalue weighted by Gasteiger charge is -2.36. The lowest BCUT2D eigenvalue weighted by molar-refractivity contribution is 0.449. The van der Waals surface area contributed by atoms with Gasteiger partial charge in [-0.15, -0.1) is 0 Å². The third kappa shape index (κ3) is 6.60. The number of amidine groups is 1. The summed E-state index contributed by atoms with van der Waals surface area (Å²) in [5.41, 5.74) is 4.84. The van der Waals surface area contributed by atoms with Gasteiger partial charge in [-0.05, 0) is 44.3 Å². The van der Waals surface area contributed by atoms with Crippen molar-refractivity contribution in [2.24, 2.45) is 4.99 Å². The molecule has 0 atom stereocenters. The largest absolute Gasteiger partial charge is 0.330 e. The van der Waals surface area contributed by atoms with Gasteiger partial charge >= 0.3 is 0 Å². The van der Waals surface area contributed by atoms with E-state index in [2.05, 4.69) is 97.4 Å². The second-order valence-corrected chi connectivity index (χ2v) is 7.41. The molecule has 1 saturated heterocycles. The van der Waals surface area contributed by atoms with E-state index in [9.17, 15) is 0 Å². The minimum absolute atomic E-state index is 0.943. The molecular weight excluding hydrogens is 352 g/mol. The molecule has 0 saturated carbocycles. The zero-order valence-corrected chi connectivity index (χ0v) is 17.6. The summed E-state index contributed by atoms with van der Waals surface area (Å²) in [6.45, 7) is 7.48. The van der Waals surface area contributed by atoms with Crippen LogP contribution in [-0.4, -0.2) is 17.3 Å². The molecule has 0 aromatic rings. The van der Waals surface area contributed by atoms with Crippen LogP contribution in [0.1, 0.15) is 45.4 Å². The van der Waals surface area contributed by atoms with Gasteiger partial charge in [-0.25, -0.2) is 4.99 Å². The normalized spacial score (nSPS) is 20.5. The van der Waals surface area contributed by atoms with Crippen LogP contribution in [0.3, 0.4) is 0 Å². The molecule has 1 heterocycles. The standard InChI is InChI=1S/C27H32N2/c1-3-12-26(20-18-23(2)17-19-24-13-8-4-5-9-14-24)29-22-21-27(29)28-25-15-10-6-7-11-16-25/h4-8,10,12-16,18,20H,2-3,9,11,17,19,21-22H2,1H3/b20-18-,26-12+,28-27?. The Bertz CT molecular complexity index is 866. The molecule has 150 valence electrons. The van der Waals surface area contributed by atoms with Gasteiger partial charge < -0.3 is 4.90 Å². The molecule has 3 aliphatic rings. The van der Waals surface area contributed by atoms with Gasteiger partial charge in [0.1, 0.15) is 5.84 Å². The summed E-state index contributed by atoms with van der Waals surface area (Å²) in [5, 5.41) is 0. The van der Waals surface area contributed by atoms with Crippen LogP contribution in [0.4, 0.5) is 0 Å². The molecule has 2 heteroatoms. The molecular formula is C27H32N2. The minimum Gasteiger partial charge on any atom is -0.330 e. The zero-order chi connectivity index (χ0) is 20.3. The van der Waals surface area contributed by atoms with E-state index in [4.69, 9.17) is 4.99 Å². The Morgan fingerprint density at radius 2 is 1.86 bits per heavy atom. The van der Waals surface area contributed by atoms with Crippen molar-refractivity contribution < 1.29 is 0 Å². The molecule has 0 bridgehead atoms. The fourth-order valence-corrected chi connectivity index (χ4v) is 3.40. The average molecular weight is 385 g/mol. The maximum absolute atomic E-state index is 4.88. The highest BCUT2D eigenvalue weighted by atomic mass is 15.2. The van der Waals surface area contributed by atoms with E-state index in [1.54, 1.807) is 0 Å². The molecule has 1 fully saturated rings. The lowest BCUT2D eigenvalue weighted by atomic mass is 10.0. The van der Waals surface area contributed by atoms with Crippen LogP contribution in [0.2, 0.25) is 0 Å². The summed E-state index contributed by atoms with van der Waals surface area (Å²) < 4.78 is 0. The second kappa shape index (κ2) is 11.2. The first-order valence-corrected chi connectivity index (χ1v) is 10.7. The van der Waals surface area contributed by atoms with Gasteiger partial charge in [-0.3, -0.25) is 0 Å². The number of nitrogens with zero attached hydrogens (tertiary/aromatic N) is 2. The SMILES string of the molecule is C=C(/C=C\C(=C/CC)N1CCC1=NC1=CCC=CC=C1)CCC1=CCC=CC=C1. The van der Waals surface area contributed by atoms with Crippen molar-refractivity contribution >= 4 is 5.84 Å². The molecule has 3 rings (SSSR count). The Hall–Kier alpha value is -2.87. The topological polar surface area (TPSA) is 15.6 Å². The Labute approximate surface area is 176 Å². The summed E-state index contributed by atoms with van der Waals surface area (Å²) in [6.07, 6.45) is 34.2.